The molecule has 0 saturated heterocycles. The molecule has 0 aromatic heterocycles. The predicted octanol–water partition coefficient (Wildman–Crippen LogP) is 2.73. The van der Waals surface area contributed by atoms with Crippen LogP contribution in [-0.2, 0) is 0 Å². The molecule has 12 heavy (non-hydrogen) atoms. The Balaban J connectivity index is 2.96. The summed E-state index contributed by atoms with van der Waals surface area (Å²) in [6.07, 6.45) is 8.16. The quantitative estimate of drug-likeness (QED) is 0.477. The molecular formula is C11H20O. The first-order chi connectivity index (χ1) is 5.91. The van der Waals surface area contributed by atoms with Gasteiger partial charge in [0.1, 0.15) is 0 Å². The molecule has 0 saturated carbocycles. The van der Waals surface area contributed by atoms with Crippen molar-refractivity contribution < 1.29 is 5.11 Å². The van der Waals surface area contributed by atoms with Crippen molar-refractivity contribution in [2.24, 2.45) is 0 Å². The third-order valence-corrected chi connectivity index (χ3v) is 1.77. The van der Waals surface area contributed by atoms with Gasteiger partial charge in [-0.1, -0.05) is 32.6 Å². The van der Waals surface area contributed by atoms with Gasteiger partial charge in [0.25, 0.3) is 0 Å². The highest BCUT2D eigenvalue weighted by Crippen LogP contribution is 2.03. The minimum Gasteiger partial charge on any atom is -0.395 e. The first-order valence-electron chi connectivity index (χ1n) is 4.98. The Morgan fingerprint density at radius 2 is 1.58 bits per heavy atom. The van der Waals surface area contributed by atoms with Gasteiger partial charge in [0.15, 0.2) is 0 Å². The molecule has 0 atom stereocenters. The van der Waals surface area contributed by atoms with Gasteiger partial charge in [0, 0.05) is 12.8 Å². The molecule has 0 unspecified atom stereocenters. The second-order valence-corrected chi connectivity index (χ2v) is 2.99. The van der Waals surface area contributed by atoms with Crippen LogP contribution < -0.4 is 0 Å². The fourth-order valence-electron chi connectivity index (χ4n) is 1.05. The van der Waals surface area contributed by atoms with Crippen molar-refractivity contribution in [1.82, 2.24) is 0 Å². The normalized spacial score (nSPS) is 9.17. The van der Waals surface area contributed by atoms with Gasteiger partial charge >= 0.3 is 0 Å². The molecule has 0 amide bonds. The van der Waals surface area contributed by atoms with Crippen LogP contribution >= 0.6 is 0 Å². The third kappa shape index (κ3) is 9.52. The van der Waals surface area contributed by atoms with Gasteiger partial charge in [-0.2, -0.15) is 0 Å². The zero-order valence-corrected chi connectivity index (χ0v) is 8.10. The van der Waals surface area contributed by atoms with E-state index in [1.54, 1.807) is 0 Å². The fraction of sp³-hybridized carbons (Fsp3) is 0.818. The molecule has 0 spiro atoms. The van der Waals surface area contributed by atoms with Crippen molar-refractivity contribution in [3.63, 3.8) is 0 Å². The molecule has 0 aromatic carbocycles. The summed E-state index contributed by atoms with van der Waals surface area (Å²) < 4.78 is 0. The van der Waals surface area contributed by atoms with E-state index < -0.39 is 0 Å². The Morgan fingerprint density at radius 1 is 0.917 bits per heavy atom. The number of aliphatic hydroxyl groups excluding tert-OH is 1. The van der Waals surface area contributed by atoms with Gasteiger partial charge in [-0.3, -0.25) is 0 Å². The van der Waals surface area contributed by atoms with E-state index in [0.717, 1.165) is 6.42 Å². The van der Waals surface area contributed by atoms with Crippen LogP contribution in [0.15, 0.2) is 0 Å². The summed E-state index contributed by atoms with van der Waals surface area (Å²) in [6, 6.07) is 0. The molecule has 0 aliphatic rings. The van der Waals surface area contributed by atoms with Crippen LogP contribution in [0.2, 0.25) is 0 Å². The lowest BCUT2D eigenvalue weighted by atomic mass is 10.1. The summed E-state index contributed by atoms with van der Waals surface area (Å²) in [4.78, 5) is 0. The van der Waals surface area contributed by atoms with Crippen LogP contribution in [0.1, 0.15) is 51.9 Å². The van der Waals surface area contributed by atoms with Crippen LogP contribution in [0.3, 0.4) is 0 Å². The van der Waals surface area contributed by atoms with E-state index in [0.29, 0.717) is 6.42 Å². The molecule has 0 fully saturated rings. The third-order valence-electron chi connectivity index (χ3n) is 1.77. The van der Waals surface area contributed by atoms with Crippen molar-refractivity contribution in [1.29, 1.82) is 0 Å². The fourth-order valence-corrected chi connectivity index (χ4v) is 1.05. The molecule has 0 aliphatic heterocycles. The molecular weight excluding hydrogens is 148 g/mol. The lowest BCUT2D eigenvalue weighted by Crippen LogP contribution is -1.78. The monoisotopic (exact) mass is 168 g/mol. The van der Waals surface area contributed by atoms with E-state index >= 15 is 0 Å². The number of hydrogen-bond acceptors (Lipinski definition) is 1. The van der Waals surface area contributed by atoms with Gasteiger partial charge < -0.3 is 5.11 Å². The first kappa shape index (κ1) is 11.5. The minimum absolute atomic E-state index is 0.197. The topological polar surface area (TPSA) is 20.2 Å². The zero-order valence-electron chi connectivity index (χ0n) is 8.10. The van der Waals surface area contributed by atoms with Crippen molar-refractivity contribution in [3.8, 4) is 11.8 Å². The first-order valence-corrected chi connectivity index (χ1v) is 4.98. The van der Waals surface area contributed by atoms with Gasteiger partial charge in [0.05, 0.1) is 6.61 Å². The highest BCUT2D eigenvalue weighted by molar-refractivity contribution is 4.98. The van der Waals surface area contributed by atoms with E-state index in [4.69, 9.17) is 5.11 Å². The highest BCUT2D eigenvalue weighted by Gasteiger charge is 1.85. The second-order valence-electron chi connectivity index (χ2n) is 2.99. The predicted molar refractivity (Wildman–Crippen MR) is 52.9 cm³/mol. The lowest BCUT2D eigenvalue weighted by molar-refractivity contribution is 0.305. The Kier molecular flexibility index (Phi) is 10.1. The SMILES string of the molecule is CCCCCCCC#CCCO. The zero-order chi connectivity index (χ0) is 9.07. The minimum atomic E-state index is 0.197. The molecule has 0 rings (SSSR count). The molecule has 1 heteroatoms. The van der Waals surface area contributed by atoms with Crippen molar-refractivity contribution in [3.05, 3.63) is 0 Å². The molecule has 0 aliphatic carbocycles. The summed E-state index contributed by atoms with van der Waals surface area (Å²) in [6.45, 7) is 2.42. The van der Waals surface area contributed by atoms with E-state index in [1.807, 2.05) is 0 Å². The Labute approximate surface area is 76.2 Å². The summed E-state index contributed by atoms with van der Waals surface area (Å²) >= 11 is 0. The Hall–Kier alpha value is -0.480. The molecule has 0 radical (unpaired) electrons. The van der Waals surface area contributed by atoms with E-state index in [9.17, 15) is 0 Å². The van der Waals surface area contributed by atoms with Crippen molar-refractivity contribution in [2.75, 3.05) is 6.61 Å². The van der Waals surface area contributed by atoms with Gasteiger partial charge in [-0.05, 0) is 6.42 Å². The van der Waals surface area contributed by atoms with Crippen LogP contribution in [0.5, 0.6) is 0 Å². The van der Waals surface area contributed by atoms with Gasteiger partial charge in [0.2, 0.25) is 0 Å². The van der Waals surface area contributed by atoms with E-state index in [-0.39, 0.29) is 6.61 Å². The Morgan fingerprint density at radius 3 is 2.25 bits per heavy atom. The maximum absolute atomic E-state index is 8.44. The summed E-state index contributed by atoms with van der Waals surface area (Å²) in [5.74, 6) is 5.98. The van der Waals surface area contributed by atoms with Crippen molar-refractivity contribution in [2.45, 2.75) is 51.9 Å². The van der Waals surface area contributed by atoms with Gasteiger partial charge in [-0.15, -0.1) is 11.8 Å². The molecule has 1 N–H and O–H groups in total. The highest BCUT2D eigenvalue weighted by atomic mass is 16.2. The van der Waals surface area contributed by atoms with Crippen LogP contribution in [0, 0.1) is 11.8 Å². The maximum Gasteiger partial charge on any atom is 0.0540 e. The molecule has 0 aromatic rings. The van der Waals surface area contributed by atoms with Crippen LogP contribution in [0.4, 0.5) is 0 Å². The lowest BCUT2D eigenvalue weighted by Gasteiger charge is -1.94. The maximum atomic E-state index is 8.44. The number of aliphatic hydroxyl groups is 1. The number of unbranched alkanes of at least 4 members (excludes halogenated alkanes) is 5. The Bertz CT molecular complexity index is 130. The van der Waals surface area contributed by atoms with Gasteiger partial charge in [-0.25, -0.2) is 0 Å². The largest absolute Gasteiger partial charge is 0.395 e. The molecule has 70 valence electrons. The average Bonchev–Trinajstić information content (AvgIpc) is 2.10. The van der Waals surface area contributed by atoms with E-state index in [2.05, 4.69) is 18.8 Å². The second kappa shape index (κ2) is 10.5. The molecule has 0 heterocycles. The molecule has 0 bridgehead atoms. The smallest absolute Gasteiger partial charge is 0.0540 e. The van der Waals surface area contributed by atoms with Crippen LogP contribution in [-0.4, -0.2) is 11.7 Å². The average molecular weight is 168 g/mol. The summed E-state index contributed by atoms with van der Waals surface area (Å²) in [5.41, 5.74) is 0. The van der Waals surface area contributed by atoms with E-state index in [1.165, 1.54) is 32.1 Å². The number of hydrogen-bond donors (Lipinski definition) is 1. The van der Waals surface area contributed by atoms with Crippen LogP contribution in [0.25, 0.3) is 0 Å². The number of rotatable bonds is 6. The standard InChI is InChI=1S/C11H20O/c1-2-3-4-5-6-7-8-9-10-11-12/h12H,2-7,10-11H2,1H3. The summed E-state index contributed by atoms with van der Waals surface area (Å²) in [7, 11) is 0. The van der Waals surface area contributed by atoms with Crippen molar-refractivity contribution >= 4 is 0 Å². The summed E-state index contributed by atoms with van der Waals surface area (Å²) in [5, 5.41) is 8.44. The molecule has 1 nitrogen and oxygen atoms in total.